The van der Waals surface area contributed by atoms with Crippen molar-refractivity contribution in [2.75, 3.05) is 5.32 Å². The number of ether oxygens (including phenoxy) is 1. The molecule has 0 aliphatic heterocycles. The third-order valence-corrected chi connectivity index (χ3v) is 5.95. The van der Waals surface area contributed by atoms with Crippen molar-refractivity contribution in [3.63, 3.8) is 0 Å². The summed E-state index contributed by atoms with van der Waals surface area (Å²) in [5, 5.41) is 8.91. The minimum atomic E-state index is -0.873. The first kappa shape index (κ1) is 18.6. The van der Waals surface area contributed by atoms with Crippen LogP contribution < -0.4 is 5.32 Å². The zero-order chi connectivity index (χ0) is 18.7. The van der Waals surface area contributed by atoms with E-state index in [9.17, 15) is 9.59 Å². The Balaban J connectivity index is 1.64. The van der Waals surface area contributed by atoms with Gasteiger partial charge in [0, 0.05) is 16.3 Å². The van der Waals surface area contributed by atoms with Crippen LogP contribution in [0.25, 0.3) is 0 Å². The first-order valence-corrected chi connectivity index (χ1v) is 10.0. The van der Waals surface area contributed by atoms with E-state index in [-0.39, 0.29) is 11.9 Å². The Morgan fingerprint density at radius 2 is 2.12 bits per heavy atom. The Kier molecular flexibility index (Phi) is 5.76. The van der Waals surface area contributed by atoms with Crippen molar-refractivity contribution < 1.29 is 14.3 Å². The number of rotatable bonds is 6. The highest BCUT2D eigenvalue weighted by Gasteiger charge is 2.25. The van der Waals surface area contributed by atoms with Crippen LogP contribution in [0.1, 0.15) is 66.9 Å². The highest BCUT2D eigenvalue weighted by atomic mass is 32.1. The summed E-state index contributed by atoms with van der Waals surface area (Å²) in [6.07, 6.45) is 5.89. The molecule has 0 saturated heterocycles. The summed E-state index contributed by atoms with van der Waals surface area (Å²) in [5.41, 5.74) is 1.72. The maximum Gasteiger partial charge on any atom is 0.340 e. The van der Waals surface area contributed by atoms with E-state index in [1.165, 1.54) is 11.3 Å². The second kappa shape index (κ2) is 8.03. The largest absolute Gasteiger partial charge is 0.449 e. The summed E-state index contributed by atoms with van der Waals surface area (Å²) in [5.74, 6) is -0.157. The van der Waals surface area contributed by atoms with Gasteiger partial charge in [-0.15, -0.1) is 11.3 Å². The number of fused-ring (bicyclic) bond motifs is 1. The van der Waals surface area contributed by atoms with E-state index in [1.54, 1.807) is 35.2 Å². The highest BCUT2D eigenvalue weighted by molar-refractivity contribution is 7.10. The van der Waals surface area contributed by atoms with E-state index in [2.05, 4.69) is 17.3 Å². The van der Waals surface area contributed by atoms with E-state index in [1.807, 2.05) is 12.3 Å². The summed E-state index contributed by atoms with van der Waals surface area (Å²) in [7, 11) is 0. The molecule has 0 bridgehead atoms. The number of carbonyl (C=O) groups is 2. The number of hydrogen-bond acceptors (Lipinski definition) is 5. The number of nitrogens with zero attached hydrogens (tertiary/aromatic N) is 2. The fourth-order valence-corrected chi connectivity index (χ4v) is 4.22. The average Bonchev–Trinajstić information content (AvgIpc) is 3.27. The number of amides is 1. The van der Waals surface area contributed by atoms with Crippen molar-refractivity contribution in [3.05, 3.63) is 33.6 Å². The van der Waals surface area contributed by atoms with Crippen LogP contribution in [0.3, 0.4) is 0 Å². The average molecular weight is 375 g/mol. The van der Waals surface area contributed by atoms with Gasteiger partial charge in [-0.3, -0.25) is 4.79 Å². The Morgan fingerprint density at radius 1 is 1.35 bits per heavy atom. The number of anilines is 1. The lowest BCUT2D eigenvalue weighted by Crippen LogP contribution is -2.31. The third-order valence-electron chi connectivity index (χ3n) is 4.86. The van der Waals surface area contributed by atoms with Crippen LogP contribution in [-0.2, 0) is 22.4 Å². The Labute approximate surface area is 157 Å². The number of carbonyl (C=O) groups excluding carboxylic acids is 2. The van der Waals surface area contributed by atoms with Gasteiger partial charge in [-0.1, -0.05) is 6.92 Å². The lowest BCUT2D eigenvalue weighted by Gasteiger charge is -2.17. The third kappa shape index (κ3) is 3.82. The van der Waals surface area contributed by atoms with Gasteiger partial charge in [-0.05, 0) is 51.5 Å². The standard InChI is InChI=1S/C19H25N3O3S/c1-4-12(2)22-17(9-10-20-22)21-18(23)13(3)25-19(24)15-11-26-16-8-6-5-7-14(15)16/h9-13H,4-8H2,1-3H3,(H,21,23)/t12-,13+/m1/s1. The molecule has 1 aliphatic rings. The molecular formula is C19H25N3O3S. The van der Waals surface area contributed by atoms with Crippen molar-refractivity contribution in [2.45, 2.75) is 65.0 Å². The van der Waals surface area contributed by atoms with Crippen molar-refractivity contribution in [1.29, 1.82) is 0 Å². The molecule has 1 aliphatic carbocycles. The highest BCUT2D eigenvalue weighted by Crippen LogP contribution is 2.30. The molecule has 0 saturated carbocycles. The zero-order valence-electron chi connectivity index (χ0n) is 15.4. The van der Waals surface area contributed by atoms with Crippen LogP contribution in [0.15, 0.2) is 17.6 Å². The van der Waals surface area contributed by atoms with Gasteiger partial charge in [0.05, 0.1) is 17.8 Å². The van der Waals surface area contributed by atoms with Gasteiger partial charge >= 0.3 is 5.97 Å². The number of aryl methyl sites for hydroxylation is 1. The minimum Gasteiger partial charge on any atom is -0.449 e. The fraction of sp³-hybridized carbons (Fsp3) is 0.526. The molecule has 2 aromatic heterocycles. The monoisotopic (exact) mass is 375 g/mol. The zero-order valence-corrected chi connectivity index (χ0v) is 16.3. The molecule has 6 nitrogen and oxygen atoms in total. The molecule has 0 unspecified atom stereocenters. The van der Waals surface area contributed by atoms with E-state index in [0.717, 1.165) is 31.2 Å². The van der Waals surface area contributed by atoms with Gasteiger partial charge < -0.3 is 10.1 Å². The number of thiophene rings is 1. The molecule has 0 aromatic carbocycles. The van der Waals surface area contributed by atoms with Gasteiger partial charge in [-0.25, -0.2) is 9.48 Å². The molecular weight excluding hydrogens is 350 g/mol. The second-order valence-corrected chi connectivity index (χ2v) is 7.68. The normalized spacial score (nSPS) is 15.8. The van der Waals surface area contributed by atoms with E-state index >= 15 is 0 Å². The quantitative estimate of drug-likeness (QED) is 0.775. The molecule has 2 heterocycles. The SMILES string of the molecule is CC[C@@H](C)n1nccc1NC(=O)[C@H](C)OC(=O)c1csc2c1CCCC2. The predicted molar refractivity (Wildman–Crippen MR) is 102 cm³/mol. The smallest absolute Gasteiger partial charge is 0.340 e. The molecule has 0 fully saturated rings. The molecule has 1 amide bonds. The summed E-state index contributed by atoms with van der Waals surface area (Å²) < 4.78 is 7.19. The first-order chi connectivity index (χ1) is 12.5. The number of hydrogen-bond donors (Lipinski definition) is 1. The molecule has 2 atom stereocenters. The molecule has 140 valence electrons. The van der Waals surface area contributed by atoms with Crippen LogP contribution in [0.4, 0.5) is 5.82 Å². The summed E-state index contributed by atoms with van der Waals surface area (Å²) in [6.45, 7) is 5.69. The fourth-order valence-electron chi connectivity index (χ4n) is 3.11. The van der Waals surface area contributed by atoms with E-state index < -0.39 is 12.1 Å². The van der Waals surface area contributed by atoms with Crippen molar-refractivity contribution >= 4 is 29.0 Å². The summed E-state index contributed by atoms with van der Waals surface area (Å²) in [4.78, 5) is 26.2. The number of nitrogens with one attached hydrogen (secondary N) is 1. The molecule has 26 heavy (non-hydrogen) atoms. The van der Waals surface area contributed by atoms with Crippen LogP contribution >= 0.6 is 11.3 Å². The van der Waals surface area contributed by atoms with Crippen LogP contribution in [0.5, 0.6) is 0 Å². The number of esters is 1. The summed E-state index contributed by atoms with van der Waals surface area (Å²) >= 11 is 1.61. The van der Waals surface area contributed by atoms with Crippen molar-refractivity contribution in [2.24, 2.45) is 0 Å². The van der Waals surface area contributed by atoms with Crippen molar-refractivity contribution in [3.8, 4) is 0 Å². The maximum atomic E-state index is 12.5. The molecule has 3 rings (SSSR count). The van der Waals surface area contributed by atoms with Gasteiger partial charge in [0.1, 0.15) is 5.82 Å². The first-order valence-electron chi connectivity index (χ1n) is 9.15. The van der Waals surface area contributed by atoms with Crippen LogP contribution in [0.2, 0.25) is 0 Å². The van der Waals surface area contributed by atoms with E-state index in [4.69, 9.17) is 4.74 Å². The molecule has 0 spiro atoms. The Bertz CT molecular complexity index is 796. The Hall–Kier alpha value is -2.15. The molecule has 2 aromatic rings. The second-order valence-electron chi connectivity index (χ2n) is 6.71. The number of aromatic nitrogens is 2. The minimum absolute atomic E-state index is 0.176. The molecule has 1 N–H and O–H groups in total. The topological polar surface area (TPSA) is 73.2 Å². The predicted octanol–water partition coefficient (Wildman–Crippen LogP) is 3.98. The van der Waals surface area contributed by atoms with E-state index in [0.29, 0.717) is 11.4 Å². The van der Waals surface area contributed by atoms with Crippen LogP contribution in [0, 0.1) is 0 Å². The Morgan fingerprint density at radius 3 is 2.88 bits per heavy atom. The lowest BCUT2D eigenvalue weighted by molar-refractivity contribution is -0.123. The summed E-state index contributed by atoms with van der Waals surface area (Å²) in [6, 6.07) is 1.92. The van der Waals surface area contributed by atoms with Crippen LogP contribution in [-0.4, -0.2) is 27.8 Å². The van der Waals surface area contributed by atoms with Crippen molar-refractivity contribution in [1.82, 2.24) is 9.78 Å². The van der Waals surface area contributed by atoms with Gasteiger partial charge in [-0.2, -0.15) is 5.10 Å². The maximum absolute atomic E-state index is 12.5. The lowest BCUT2D eigenvalue weighted by atomic mass is 9.96. The van der Waals surface area contributed by atoms with Gasteiger partial charge in [0.15, 0.2) is 6.10 Å². The molecule has 7 heteroatoms. The molecule has 0 radical (unpaired) electrons. The van der Waals surface area contributed by atoms with Gasteiger partial charge in [0.25, 0.3) is 5.91 Å². The van der Waals surface area contributed by atoms with Gasteiger partial charge in [0.2, 0.25) is 0 Å².